The van der Waals surface area contributed by atoms with Crippen LogP contribution in [0.15, 0.2) is 23.3 Å². The van der Waals surface area contributed by atoms with E-state index in [1.165, 1.54) is 20.8 Å². The molecule has 0 aromatic carbocycles. The standard InChI is InChI=1S/C26H34O8/c1-13-17-9-11-31-19(17)12-18-21(13)22(33-15(3)28)23(34-16(4)29)26(30)24(5,6)10-8-20(25(18,26)7)32-14(2)27/h9,11,18,20-23,30H,1,8,10,12H2,2-7H3/t18-,20+,21+,22-,23+,25+,26-/m1/s1. The fourth-order valence-corrected chi connectivity index (χ4v) is 7.18. The summed E-state index contributed by atoms with van der Waals surface area (Å²) in [5.74, 6) is -1.76. The minimum atomic E-state index is -1.70. The second-order valence-corrected chi connectivity index (χ2v) is 10.8. The van der Waals surface area contributed by atoms with Crippen LogP contribution in [0.4, 0.5) is 0 Å². The van der Waals surface area contributed by atoms with Crippen molar-refractivity contribution >= 4 is 23.5 Å². The third-order valence-corrected chi connectivity index (χ3v) is 8.62. The van der Waals surface area contributed by atoms with E-state index in [1.54, 1.807) is 6.26 Å². The molecule has 34 heavy (non-hydrogen) atoms. The van der Waals surface area contributed by atoms with Gasteiger partial charge >= 0.3 is 17.9 Å². The van der Waals surface area contributed by atoms with Gasteiger partial charge in [-0.05, 0) is 35.8 Å². The van der Waals surface area contributed by atoms with E-state index in [1.807, 2.05) is 26.8 Å². The first-order chi connectivity index (χ1) is 15.8. The first-order valence-electron chi connectivity index (χ1n) is 11.7. The third-order valence-electron chi connectivity index (χ3n) is 8.62. The lowest BCUT2D eigenvalue weighted by Crippen LogP contribution is -2.80. The molecule has 1 N–H and O–H groups in total. The molecule has 2 fully saturated rings. The minimum absolute atomic E-state index is 0.372. The van der Waals surface area contributed by atoms with Gasteiger partial charge in [-0.1, -0.05) is 27.4 Å². The van der Waals surface area contributed by atoms with E-state index in [-0.39, 0.29) is 5.92 Å². The molecule has 3 aliphatic carbocycles. The Labute approximate surface area is 199 Å². The average molecular weight is 475 g/mol. The highest BCUT2D eigenvalue weighted by molar-refractivity contribution is 5.73. The fraction of sp³-hybridized carbons (Fsp3) is 0.654. The number of esters is 3. The van der Waals surface area contributed by atoms with Crippen molar-refractivity contribution < 1.29 is 38.1 Å². The molecule has 0 bridgehead atoms. The maximum atomic E-state index is 12.8. The van der Waals surface area contributed by atoms with Crippen molar-refractivity contribution in [1.82, 2.24) is 0 Å². The summed E-state index contributed by atoms with van der Waals surface area (Å²) in [5.41, 5.74) is -2.05. The smallest absolute Gasteiger partial charge is 0.303 e. The summed E-state index contributed by atoms with van der Waals surface area (Å²) >= 11 is 0. The van der Waals surface area contributed by atoms with Gasteiger partial charge in [-0.25, -0.2) is 0 Å². The molecule has 0 saturated heterocycles. The maximum absolute atomic E-state index is 12.8. The predicted octanol–water partition coefficient (Wildman–Crippen LogP) is 3.45. The summed E-state index contributed by atoms with van der Waals surface area (Å²) in [7, 11) is 0. The number of carbonyl (C=O) groups is 3. The van der Waals surface area contributed by atoms with E-state index in [2.05, 4.69) is 6.58 Å². The van der Waals surface area contributed by atoms with Crippen LogP contribution < -0.4 is 0 Å². The molecule has 3 aliphatic rings. The van der Waals surface area contributed by atoms with Crippen molar-refractivity contribution in [3.05, 3.63) is 30.2 Å². The van der Waals surface area contributed by atoms with Gasteiger partial charge in [0.1, 0.15) is 23.6 Å². The van der Waals surface area contributed by atoms with Crippen LogP contribution in [-0.2, 0) is 35.0 Å². The van der Waals surface area contributed by atoms with Crippen molar-refractivity contribution in [2.24, 2.45) is 22.7 Å². The van der Waals surface area contributed by atoms with Gasteiger partial charge in [-0.3, -0.25) is 14.4 Å². The molecular formula is C26H34O8. The number of carbonyl (C=O) groups excluding carboxylic acids is 3. The van der Waals surface area contributed by atoms with Crippen molar-refractivity contribution in [1.29, 1.82) is 0 Å². The SMILES string of the molecule is C=C1c2ccoc2C[C@@H]2[C@H]1[C@@H](OC(C)=O)[C@H](OC(C)=O)[C@@]1(O)C(C)(C)CC[C@H](OC(C)=O)[C@]21C. The number of hydrogen-bond acceptors (Lipinski definition) is 8. The number of aliphatic hydroxyl groups is 1. The van der Waals surface area contributed by atoms with Crippen molar-refractivity contribution in [2.45, 2.75) is 84.7 Å². The molecule has 0 unspecified atom stereocenters. The van der Waals surface area contributed by atoms with Crippen molar-refractivity contribution in [3.8, 4) is 0 Å². The Balaban J connectivity index is 2.02. The Morgan fingerprint density at radius 1 is 1.06 bits per heavy atom. The van der Waals surface area contributed by atoms with Crippen molar-refractivity contribution in [2.75, 3.05) is 0 Å². The molecule has 0 radical (unpaired) electrons. The second kappa shape index (κ2) is 7.97. The topological polar surface area (TPSA) is 112 Å². The summed E-state index contributed by atoms with van der Waals surface area (Å²) in [6, 6.07) is 1.82. The van der Waals surface area contributed by atoms with Gasteiger partial charge in [-0.2, -0.15) is 0 Å². The molecule has 2 saturated carbocycles. The van der Waals surface area contributed by atoms with E-state index >= 15 is 0 Å². The maximum Gasteiger partial charge on any atom is 0.303 e. The van der Waals surface area contributed by atoms with Crippen LogP contribution in [0.25, 0.3) is 5.57 Å². The Bertz CT molecular complexity index is 1040. The highest BCUT2D eigenvalue weighted by Crippen LogP contribution is 2.68. The van der Waals surface area contributed by atoms with E-state index in [0.717, 1.165) is 5.56 Å². The van der Waals surface area contributed by atoms with Gasteiger partial charge in [-0.15, -0.1) is 0 Å². The zero-order chi connectivity index (χ0) is 25.2. The Kier molecular flexibility index (Phi) is 5.75. The molecule has 8 heteroatoms. The fourth-order valence-electron chi connectivity index (χ4n) is 7.18. The zero-order valence-electron chi connectivity index (χ0n) is 20.7. The van der Waals surface area contributed by atoms with Crippen molar-refractivity contribution in [3.63, 3.8) is 0 Å². The number of fused-ring (bicyclic) bond motifs is 4. The Morgan fingerprint density at radius 3 is 2.26 bits per heavy atom. The van der Waals surface area contributed by atoms with E-state index in [4.69, 9.17) is 18.6 Å². The van der Waals surface area contributed by atoms with Crippen LogP contribution in [0, 0.1) is 22.7 Å². The molecule has 0 aliphatic heterocycles. The molecule has 1 heterocycles. The van der Waals surface area contributed by atoms with Crippen LogP contribution in [0.5, 0.6) is 0 Å². The summed E-state index contributed by atoms with van der Waals surface area (Å²) in [6.45, 7) is 13.9. The predicted molar refractivity (Wildman–Crippen MR) is 121 cm³/mol. The highest BCUT2D eigenvalue weighted by Gasteiger charge is 2.77. The lowest BCUT2D eigenvalue weighted by atomic mass is 9.39. The lowest BCUT2D eigenvalue weighted by molar-refractivity contribution is -0.332. The van der Waals surface area contributed by atoms with Crippen LogP contribution >= 0.6 is 0 Å². The minimum Gasteiger partial charge on any atom is -0.469 e. The van der Waals surface area contributed by atoms with Gasteiger partial charge in [0.25, 0.3) is 0 Å². The second-order valence-electron chi connectivity index (χ2n) is 10.8. The largest absolute Gasteiger partial charge is 0.469 e. The molecule has 8 nitrogen and oxygen atoms in total. The Hall–Kier alpha value is -2.61. The van der Waals surface area contributed by atoms with Gasteiger partial charge in [0.15, 0.2) is 6.10 Å². The molecular weight excluding hydrogens is 440 g/mol. The van der Waals surface area contributed by atoms with Crippen LogP contribution in [0.2, 0.25) is 0 Å². The van der Waals surface area contributed by atoms with Crippen LogP contribution in [-0.4, -0.2) is 46.9 Å². The molecule has 1 aromatic heterocycles. The summed E-state index contributed by atoms with van der Waals surface area (Å²) in [6.07, 6.45) is 0.206. The van der Waals surface area contributed by atoms with Gasteiger partial charge in [0.2, 0.25) is 0 Å². The number of ether oxygens (including phenoxy) is 3. The summed E-state index contributed by atoms with van der Waals surface area (Å²) in [5, 5.41) is 12.8. The quantitative estimate of drug-likeness (QED) is 0.524. The monoisotopic (exact) mass is 474 g/mol. The first-order valence-corrected chi connectivity index (χ1v) is 11.7. The van der Waals surface area contributed by atoms with Gasteiger partial charge in [0.05, 0.1) is 6.26 Å². The molecule has 0 amide bonds. The molecule has 186 valence electrons. The normalized spacial score (nSPS) is 38.1. The zero-order valence-corrected chi connectivity index (χ0v) is 20.7. The average Bonchev–Trinajstić information content (AvgIpc) is 3.19. The molecule has 0 spiro atoms. The molecule has 1 aromatic rings. The van der Waals surface area contributed by atoms with E-state index < -0.39 is 58.6 Å². The third kappa shape index (κ3) is 3.25. The molecule has 7 atom stereocenters. The number of furan rings is 1. The number of rotatable bonds is 3. The Morgan fingerprint density at radius 2 is 1.68 bits per heavy atom. The lowest BCUT2D eigenvalue weighted by Gasteiger charge is -2.69. The number of hydrogen-bond donors (Lipinski definition) is 1. The molecule has 4 rings (SSSR count). The van der Waals surface area contributed by atoms with Crippen LogP contribution in [0.3, 0.4) is 0 Å². The first kappa shape index (κ1) is 24.5. The van der Waals surface area contributed by atoms with Crippen LogP contribution in [0.1, 0.15) is 65.7 Å². The highest BCUT2D eigenvalue weighted by atomic mass is 16.6. The van der Waals surface area contributed by atoms with E-state index in [9.17, 15) is 19.5 Å². The summed E-state index contributed by atoms with van der Waals surface area (Å²) in [4.78, 5) is 36.8. The van der Waals surface area contributed by atoms with Gasteiger partial charge < -0.3 is 23.7 Å². The van der Waals surface area contributed by atoms with Gasteiger partial charge in [0, 0.05) is 44.1 Å². The summed E-state index contributed by atoms with van der Waals surface area (Å²) < 4.78 is 23.3. The van der Waals surface area contributed by atoms with E-state index in [0.29, 0.717) is 30.6 Å².